The van der Waals surface area contributed by atoms with Crippen molar-refractivity contribution in [2.75, 3.05) is 0 Å². The fourth-order valence-electron chi connectivity index (χ4n) is 1.95. The molecule has 1 N–H and O–H groups in total. The van der Waals surface area contributed by atoms with Gasteiger partial charge in [0.2, 0.25) is 0 Å². The number of alkyl halides is 3. The van der Waals surface area contributed by atoms with Gasteiger partial charge in [-0.1, -0.05) is 6.08 Å². The summed E-state index contributed by atoms with van der Waals surface area (Å²) in [6.07, 6.45) is 4.49. The quantitative estimate of drug-likeness (QED) is 0.459. The van der Waals surface area contributed by atoms with Crippen molar-refractivity contribution in [2.45, 2.75) is 36.5 Å². The molecule has 0 aromatic rings. The van der Waals surface area contributed by atoms with E-state index in [0.717, 1.165) is 0 Å². The fourth-order valence-corrected chi connectivity index (χ4v) is 2.62. The lowest BCUT2D eigenvalue weighted by atomic mass is 10.1. The van der Waals surface area contributed by atoms with Crippen LogP contribution in [0.5, 0.6) is 0 Å². The molecule has 0 aromatic heterocycles. The zero-order valence-electron chi connectivity index (χ0n) is 8.12. The Morgan fingerprint density at radius 1 is 1.44 bits per heavy atom. The van der Waals surface area contributed by atoms with Crippen molar-refractivity contribution in [2.24, 2.45) is 0 Å². The molecule has 2 rings (SSSR count). The van der Waals surface area contributed by atoms with E-state index in [4.69, 9.17) is 0 Å². The summed E-state index contributed by atoms with van der Waals surface area (Å²) in [5.41, 5.74) is -6.88. The van der Waals surface area contributed by atoms with Crippen molar-refractivity contribution in [1.82, 2.24) is 5.32 Å². The maximum atomic E-state index is 12.1. The molecule has 92 valence electrons. The van der Waals surface area contributed by atoms with Gasteiger partial charge in [-0.2, -0.15) is 21.6 Å². The zero-order chi connectivity index (χ0) is 12.0. The highest BCUT2D eigenvalue weighted by Crippen LogP contribution is 2.36. The molecule has 2 heterocycles. The molecule has 2 bridgehead atoms. The molecule has 0 saturated carbocycles. The van der Waals surface area contributed by atoms with Crippen molar-refractivity contribution in [1.29, 1.82) is 0 Å². The summed E-state index contributed by atoms with van der Waals surface area (Å²) in [4.78, 5) is 0. The van der Waals surface area contributed by atoms with Gasteiger partial charge >= 0.3 is 15.6 Å². The van der Waals surface area contributed by atoms with E-state index in [-0.39, 0.29) is 12.5 Å². The van der Waals surface area contributed by atoms with Crippen LogP contribution in [0.15, 0.2) is 12.2 Å². The lowest BCUT2D eigenvalue weighted by molar-refractivity contribution is -0.0632. The van der Waals surface area contributed by atoms with Gasteiger partial charge in [0.15, 0.2) is 5.72 Å². The van der Waals surface area contributed by atoms with E-state index in [0.29, 0.717) is 12.8 Å². The number of hydrogen-bond donors (Lipinski definition) is 1. The third-order valence-corrected chi connectivity index (χ3v) is 3.75. The van der Waals surface area contributed by atoms with Crippen molar-refractivity contribution in [3.05, 3.63) is 12.2 Å². The number of nitrogens with one attached hydrogen (secondary N) is 1. The van der Waals surface area contributed by atoms with Crippen LogP contribution in [0.4, 0.5) is 13.2 Å². The Morgan fingerprint density at radius 2 is 2.12 bits per heavy atom. The summed E-state index contributed by atoms with van der Waals surface area (Å²) in [6, 6.07) is -0.00608. The van der Waals surface area contributed by atoms with Gasteiger partial charge in [0.1, 0.15) is 0 Å². The first-order chi connectivity index (χ1) is 7.24. The lowest BCUT2D eigenvalue weighted by Crippen LogP contribution is -2.49. The van der Waals surface area contributed by atoms with Crippen LogP contribution in [-0.2, 0) is 14.3 Å². The van der Waals surface area contributed by atoms with Crippen molar-refractivity contribution < 1.29 is 25.8 Å². The SMILES string of the molecule is O=S(=O)(OC12C=CCC(CC1)N2)C(F)(F)F. The van der Waals surface area contributed by atoms with Crippen molar-refractivity contribution in [3.8, 4) is 0 Å². The average Bonchev–Trinajstić information content (AvgIpc) is 2.39. The highest BCUT2D eigenvalue weighted by molar-refractivity contribution is 7.87. The summed E-state index contributed by atoms with van der Waals surface area (Å²) in [5.74, 6) is 0. The van der Waals surface area contributed by atoms with Crippen LogP contribution in [0.1, 0.15) is 19.3 Å². The fraction of sp³-hybridized carbons (Fsp3) is 0.750. The highest BCUT2D eigenvalue weighted by atomic mass is 32.2. The molecule has 2 aliphatic heterocycles. The van der Waals surface area contributed by atoms with Gasteiger partial charge in [-0.05, 0) is 25.3 Å². The largest absolute Gasteiger partial charge is 0.523 e. The average molecular weight is 257 g/mol. The molecule has 1 saturated heterocycles. The van der Waals surface area contributed by atoms with E-state index in [1.54, 1.807) is 6.08 Å². The van der Waals surface area contributed by atoms with E-state index in [2.05, 4.69) is 9.50 Å². The van der Waals surface area contributed by atoms with E-state index in [9.17, 15) is 21.6 Å². The molecular weight excluding hydrogens is 247 g/mol. The molecule has 0 amide bonds. The lowest BCUT2D eigenvalue weighted by Gasteiger charge is -2.29. The molecule has 8 heteroatoms. The maximum Gasteiger partial charge on any atom is 0.523 e. The Balaban J connectivity index is 2.22. The summed E-state index contributed by atoms with van der Waals surface area (Å²) in [7, 11) is -5.55. The van der Waals surface area contributed by atoms with Crippen LogP contribution in [0.25, 0.3) is 0 Å². The maximum absolute atomic E-state index is 12.1. The van der Waals surface area contributed by atoms with E-state index < -0.39 is 21.4 Å². The number of fused-ring (bicyclic) bond motifs is 2. The summed E-state index contributed by atoms with van der Waals surface area (Å²) < 4.78 is 62.5. The van der Waals surface area contributed by atoms with Crippen LogP contribution in [-0.4, -0.2) is 25.7 Å². The standard InChI is InChI=1S/C8H10F3NO3S/c9-8(10,11)16(13,14)15-7-4-1-2-6(12-7)3-5-7/h1,4,6,12H,2-3,5H2. The molecule has 0 radical (unpaired) electrons. The zero-order valence-corrected chi connectivity index (χ0v) is 8.94. The van der Waals surface area contributed by atoms with Crippen LogP contribution < -0.4 is 5.32 Å². The Bertz CT molecular complexity index is 417. The van der Waals surface area contributed by atoms with Crippen molar-refractivity contribution >= 4 is 10.1 Å². The van der Waals surface area contributed by atoms with Crippen molar-refractivity contribution in [3.63, 3.8) is 0 Å². The number of hydrogen-bond acceptors (Lipinski definition) is 4. The highest BCUT2D eigenvalue weighted by Gasteiger charge is 2.53. The molecule has 16 heavy (non-hydrogen) atoms. The molecule has 0 aliphatic carbocycles. The predicted molar refractivity (Wildman–Crippen MR) is 48.7 cm³/mol. The van der Waals surface area contributed by atoms with Crippen LogP contribution in [0, 0.1) is 0 Å². The third-order valence-electron chi connectivity index (χ3n) is 2.66. The summed E-state index contributed by atoms with van der Waals surface area (Å²) in [5, 5.41) is 2.74. The molecule has 2 aliphatic rings. The first kappa shape index (κ1) is 11.9. The molecular formula is C8H10F3NO3S. The number of rotatable bonds is 2. The van der Waals surface area contributed by atoms with E-state index in [1.165, 1.54) is 6.08 Å². The van der Waals surface area contributed by atoms with Crippen LogP contribution >= 0.6 is 0 Å². The van der Waals surface area contributed by atoms with Gasteiger partial charge in [-0.25, -0.2) is 4.18 Å². The predicted octanol–water partition coefficient (Wildman–Crippen LogP) is 1.26. The second-order valence-corrected chi connectivity index (χ2v) is 5.43. The minimum atomic E-state index is -5.55. The third kappa shape index (κ3) is 1.96. The van der Waals surface area contributed by atoms with Gasteiger partial charge in [0, 0.05) is 6.04 Å². The molecule has 0 aromatic carbocycles. The topological polar surface area (TPSA) is 55.4 Å². The molecule has 0 spiro atoms. The molecule has 4 nitrogen and oxygen atoms in total. The molecule has 2 atom stereocenters. The Labute approximate surface area is 90.6 Å². The second-order valence-electron chi connectivity index (χ2n) is 3.89. The van der Waals surface area contributed by atoms with Gasteiger partial charge in [0.05, 0.1) is 0 Å². The Morgan fingerprint density at radius 3 is 2.75 bits per heavy atom. The summed E-state index contributed by atoms with van der Waals surface area (Å²) >= 11 is 0. The van der Waals surface area contributed by atoms with Crippen LogP contribution in [0.2, 0.25) is 0 Å². The van der Waals surface area contributed by atoms with Gasteiger partial charge < -0.3 is 0 Å². The van der Waals surface area contributed by atoms with Crippen LogP contribution in [0.3, 0.4) is 0 Å². The monoisotopic (exact) mass is 257 g/mol. The minimum absolute atomic E-state index is 0.00608. The minimum Gasteiger partial charge on any atom is -0.282 e. The van der Waals surface area contributed by atoms with Gasteiger partial charge in [0.25, 0.3) is 0 Å². The Hall–Kier alpha value is -0.600. The first-order valence-corrected chi connectivity index (χ1v) is 6.12. The second kappa shape index (κ2) is 3.44. The summed E-state index contributed by atoms with van der Waals surface area (Å²) in [6.45, 7) is 0. The van der Waals surface area contributed by atoms with Gasteiger partial charge in [-0.3, -0.25) is 5.32 Å². The molecule has 2 unspecified atom stereocenters. The van der Waals surface area contributed by atoms with E-state index >= 15 is 0 Å². The normalized spacial score (nSPS) is 34.3. The van der Waals surface area contributed by atoms with E-state index in [1.807, 2.05) is 0 Å². The first-order valence-electron chi connectivity index (χ1n) is 4.71. The van der Waals surface area contributed by atoms with Gasteiger partial charge in [-0.15, -0.1) is 0 Å². The molecule has 1 fully saturated rings. The Kier molecular flexibility index (Phi) is 2.56. The smallest absolute Gasteiger partial charge is 0.282 e. The number of halogens is 3.